The molecule has 5 heteroatoms. The molecule has 1 saturated heterocycles. The van der Waals surface area contributed by atoms with E-state index in [0.717, 1.165) is 35.8 Å². The second-order valence-electron chi connectivity index (χ2n) is 3.78. The minimum absolute atomic E-state index is 0.439. The van der Waals surface area contributed by atoms with Crippen molar-refractivity contribution in [3.8, 4) is 0 Å². The predicted molar refractivity (Wildman–Crippen MR) is 69.4 cm³/mol. The third kappa shape index (κ3) is 2.39. The molecule has 1 aliphatic rings. The van der Waals surface area contributed by atoms with E-state index < -0.39 is 10.8 Å². The highest BCUT2D eigenvalue weighted by Gasteiger charge is 2.18. The molecule has 2 rings (SSSR count). The standard InChI is InChI=1S/C11H15ClN2OS/c12-10-2-1-3-11(9(10)8-13)14-4-6-16(15)7-5-14/h1-3H,4-8,13H2. The molecule has 0 bridgehead atoms. The summed E-state index contributed by atoms with van der Waals surface area (Å²) in [5, 5.41) is 0.715. The molecule has 0 radical (unpaired) electrons. The first-order chi connectivity index (χ1) is 7.72. The fourth-order valence-electron chi connectivity index (χ4n) is 1.92. The summed E-state index contributed by atoms with van der Waals surface area (Å²) in [6.07, 6.45) is 0. The normalized spacial score (nSPS) is 17.8. The van der Waals surface area contributed by atoms with Crippen LogP contribution in [0.3, 0.4) is 0 Å². The van der Waals surface area contributed by atoms with Gasteiger partial charge in [0, 0.05) is 58.2 Å². The van der Waals surface area contributed by atoms with Gasteiger partial charge in [0.2, 0.25) is 0 Å². The van der Waals surface area contributed by atoms with E-state index in [1.54, 1.807) is 0 Å². The van der Waals surface area contributed by atoms with Gasteiger partial charge in [0.15, 0.2) is 0 Å². The third-order valence-corrected chi connectivity index (χ3v) is 4.45. The summed E-state index contributed by atoms with van der Waals surface area (Å²) in [6.45, 7) is 2.08. The van der Waals surface area contributed by atoms with Gasteiger partial charge in [-0.3, -0.25) is 4.21 Å². The van der Waals surface area contributed by atoms with Gasteiger partial charge in [-0.05, 0) is 12.1 Å². The first-order valence-corrected chi connectivity index (χ1v) is 7.16. The van der Waals surface area contributed by atoms with Crippen LogP contribution < -0.4 is 10.6 Å². The lowest BCUT2D eigenvalue weighted by Gasteiger charge is -2.30. The van der Waals surface area contributed by atoms with Crippen molar-refractivity contribution in [2.45, 2.75) is 6.54 Å². The summed E-state index contributed by atoms with van der Waals surface area (Å²) >= 11 is 6.11. The Labute approximate surface area is 103 Å². The van der Waals surface area contributed by atoms with Gasteiger partial charge in [-0.15, -0.1) is 0 Å². The Hall–Kier alpha value is -0.580. The highest BCUT2D eigenvalue weighted by atomic mass is 35.5. The molecule has 16 heavy (non-hydrogen) atoms. The van der Waals surface area contributed by atoms with Crippen molar-refractivity contribution in [2.75, 3.05) is 29.5 Å². The molecule has 0 amide bonds. The molecule has 1 aliphatic heterocycles. The van der Waals surface area contributed by atoms with E-state index in [9.17, 15) is 4.21 Å². The molecular formula is C11H15ClN2OS. The van der Waals surface area contributed by atoms with Crippen LogP contribution >= 0.6 is 11.6 Å². The molecule has 0 aromatic heterocycles. The Morgan fingerprint density at radius 3 is 2.69 bits per heavy atom. The molecule has 3 nitrogen and oxygen atoms in total. The lowest BCUT2D eigenvalue weighted by molar-refractivity contribution is 0.673. The maximum absolute atomic E-state index is 11.3. The van der Waals surface area contributed by atoms with E-state index in [1.807, 2.05) is 18.2 Å². The van der Waals surface area contributed by atoms with E-state index in [4.69, 9.17) is 17.3 Å². The van der Waals surface area contributed by atoms with Crippen molar-refractivity contribution in [3.63, 3.8) is 0 Å². The minimum Gasteiger partial charge on any atom is -0.369 e. The van der Waals surface area contributed by atoms with E-state index in [1.165, 1.54) is 0 Å². The topological polar surface area (TPSA) is 46.3 Å². The summed E-state index contributed by atoms with van der Waals surface area (Å²) in [6, 6.07) is 5.82. The van der Waals surface area contributed by atoms with Crippen molar-refractivity contribution in [3.05, 3.63) is 28.8 Å². The van der Waals surface area contributed by atoms with Crippen LogP contribution in [0, 0.1) is 0 Å². The number of hydrogen-bond donors (Lipinski definition) is 1. The number of nitrogens with two attached hydrogens (primary N) is 1. The zero-order valence-electron chi connectivity index (χ0n) is 8.99. The molecule has 1 aromatic carbocycles. The van der Waals surface area contributed by atoms with Crippen LogP contribution in [-0.2, 0) is 17.3 Å². The molecule has 1 heterocycles. The van der Waals surface area contributed by atoms with Gasteiger partial charge in [-0.2, -0.15) is 0 Å². The monoisotopic (exact) mass is 258 g/mol. The van der Waals surface area contributed by atoms with E-state index in [2.05, 4.69) is 4.90 Å². The third-order valence-electron chi connectivity index (χ3n) is 2.82. The van der Waals surface area contributed by atoms with Crippen LogP contribution in [0.2, 0.25) is 5.02 Å². The molecule has 0 spiro atoms. The minimum atomic E-state index is -0.654. The molecule has 2 N–H and O–H groups in total. The number of nitrogens with zero attached hydrogens (tertiary/aromatic N) is 1. The Morgan fingerprint density at radius 1 is 1.38 bits per heavy atom. The second-order valence-corrected chi connectivity index (χ2v) is 5.88. The largest absolute Gasteiger partial charge is 0.369 e. The Kier molecular flexibility index (Phi) is 3.84. The zero-order chi connectivity index (χ0) is 11.5. The summed E-state index contributed by atoms with van der Waals surface area (Å²) in [4.78, 5) is 2.22. The fourth-order valence-corrected chi connectivity index (χ4v) is 3.22. The van der Waals surface area contributed by atoms with Crippen molar-refractivity contribution in [2.24, 2.45) is 5.73 Å². The summed E-state index contributed by atoms with van der Waals surface area (Å²) in [7, 11) is -0.654. The van der Waals surface area contributed by atoms with Gasteiger partial charge in [0.1, 0.15) is 0 Å². The summed E-state index contributed by atoms with van der Waals surface area (Å²) in [5.41, 5.74) is 7.79. The van der Waals surface area contributed by atoms with Gasteiger partial charge < -0.3 is 10.6 Å². The summed E-state index contributed by atoms with van der Waals surface area (Å²) in [5.74, 6) is 1.47. The predicted octanol–water partition coefficient (Wildman–Crippen LogP) is 1.37. The van der Waals surface area contributed by atoms with Crippen LogP contribution in [0.1, 0.15) is 5.56 Å². The van der Waals surface area contributed by atoms with Crippen molar-refractivity contribution in [1.29, 1.82) is 0 Å². The Bertz CT molecular complexity index is 401. The average Bonchev–Trinajstić information content (AvgIpc) is 2.30. The van der Waals surface area contributed by atoms with Crippen molar-refractivity contribution < 1.29 is 4.21 Å². The van der Waals surface area contributed by atoms with Crippen molar-refractivity contribution >= 4 is 28.1 Å². The Morgan fingerprint density at radius 2 is 2.06 bits per heavy atom. The number of rotatable bonds is 2. The molecular weight excluding hydrogens is 244 g/mol. The first kappa shape index (κ1) is 11.9. The van der Waals surface area contributed by atoms with Gasteiger partial charge in [0.25, 0.3) is 0 Å². The molecule has 0 aliphatic carbocycles. The molecule has 0 atom stereocenters. The van der Waals surface area contributed by atoms with Crippen LogP contribution in [0.4, 0.5) is 5.69 Å². The molecule has 0 unspecified atom stereocenters. The van der Waals surface area contributed by atoms with E-state index >= 15 is 0 Å². The highest BCUT2D eigenvalue weighted by molar-refractivity contribution is 7.85. The molecule has 88 valence electrons. The van der Waals surface area contributed by atoms with Crippen molar-refractivity contribution in [1.82, 2.24) is 0 Å². The lowest BCUT2D eigenvalue weighted by atomic mass is 10.1. The van der Waals surface area contributed by atoms with Crippen LogP contribution in [0.25, 0.3) is 0 Å². The quantitative estimate of drug-likeness (QED) is 0.872. The Balaban J connectivity index is 2.26. The van der Waals surface area contributed by atoms with Gasteiger partial charge in [-0.25, -0.2) is 0 Å². The molecule has 1 fully saturated rings. The SMILES string of the molecule is NCc1c(Cl)cccc1N1CCS(=O)CC1. The maximum atomic E-state index is 11.3. The van der Waals surface area contributed by atoms with Gasteiger partial charge in [0.05, 0.1) is 0 Å². The fraction of sp³-hybridized carbons (Fsp3) is 0.455. The number of benzene rings is 1. The smallest absolute Gasteiger partial charge is 0.0471 e. The maximum Gasteiger partial charge on any atom is 0.0471 e. The second kappa shape index (κ2) is 5.17. The van der Waals surface area contributed by atoms with Gasteiger partial charge in [-0.1, -0.05) is 17.7 Å². The van der Waals surface area contributed by atoms with Gasteiger partial charge >= 0.3 is 0 Å². The first-order valence-electron chi connectivity index (χ1n) is 5.29. The number of anilines is 1. The molecule has 1 aromatic rings. The van der Waals surface area contributed by atoms with Crippen LogP contribution in [0.15, 0.2) is 18.2 Å². The van der Waals surface area contributed by atoms with E-state index in [0.29, 0.717) is 11.6 Å². The van der Waals surface area contributed by atoms with E-state index in [-0.39, 0.29) is 0 Å². The summed E-state index contributed by atoms with van der Waals surface area (Å²) < 4.78 is 11.3. The number of hydrogen-bond acceptors (Lipinski definition) is 3. The lowest BCUT2D eigenvalue weighted by Crippen LogP contribution is -2.38. The van der Waals surface area contributed by atoms with Crippen LogP contribution in [-0.4, -0.2) is 28.8 Å². The highest BCUT2D eigenvalue weighted by Crippen LogP contribution is 2.27. The average molecular weight is 259 g/mol. The molecule has 0 saturated carbocycles. The zero-order valence-corrected chi connectivity index (χ0v) is 10.6. The number of halogens is 1. The van der Waals surface area contributed by atoms with Crippen LogP contribution in [0.5, 0.6) is 0 Å².